The second kappa shape index (κ2) is 7.48. The molecule has 1 amide bonds. The summed E-state index contributed by atoms with van der Waals surface area (Å²) in [6.45, 7) is -0.0470. The largest absolute Gasteiger partial charge is 0.508 e. The standard InChI is InChI=1S/C21H14F2N2O3S/c22-14-6-7-16(20(23)19(14)21(24)27)28-10-18-25-15-9-12(3-8-17(15)29-18)11-1-4-13(26)5-2-11/h1-9,26H,10H2,(H2,24,27). The molecule has 4 rings (SSSR count). The minimum absolute atomic E-state index is 0.0470. The number of amides is 1. The summed E-state index contributed by atoms with van der Waals surface area (Å²) >= 11 is 1.38. The molecule has 1 aromatic heterocycles. The number of nitrogens with two attached hydrogens (primary N) is 1. The van der Waals surface area contributed by atoms with Gasteiger partial charge in [0.1, 0.15) is 28.7 Å². The Labute approximate surface area is 168 Å². The molecule has 0 unspecified atom stereocenters. The molecule has 0 aliphatic carbocycles. The van der Waals surface area contributed by atoms with Crippen molar-refractivity contribution in [2.24, 2.45) is 5.73 Å². The van der Waals surface area contributed by atoms with Gasteiger partial charge in [0, 0.05) is 0 Å². The maximum absolute atomic E-state index is 14.3. The van der Waals surface area contributed by atoms with Crippen LogP contribution in [0.15, 0.2) is 54.6 Å². The number of rotatable bonds is 5. The molecule has 0 bridgehead atoms. The first-order valence-electron chi connectivity index (χ1n) is 8.52. The summed E-state index contributed by atoms with van der Waals surface area (Å²) in [5.41, 5.74) is 6.80. The Morgan fingerprint density at radius 2 is 1.79 bits per heavy atom. The molecule has 29 heavy (non-hydrogen) atoms. The van der Waals surface area contributed by atoms with Gasteiger partial charge in [0.15, 0.2) is 11.6 Å². The first-order chi connectivity index (χ1) is 13.9. The summed E-state index contributed by atoms with van der Waals surface area (Å²) in [5, 5.41) is 10.0. The normalized spacial score (nSPS) is 11.0. The van der Waals surface area contributed by atoms with Gasteiger partial charge in [-0.05, 0) is 47.5 Å². The zero-order valence-electron chi connectivity index (χ0n) is 14.9. The van der Waals surface area contributed by atoms with Gasteiger partial charge in [-0.25, -0.2) is 13.8 Å². The minimum Gasteiger partial charge on any atom is -0.508 e. The number of carbonyl (C=O) groups is 1. The lowest BCUT2D eigenvalue weighted by Crippen LogP contribution is -2.16. The van der Waals surface area contributed by atoms with Crippen molar-refractivity contribution in [1.82, 2.24) is 4.98 Å². The summed E-state index contributed by atoms with van der Waals surface area (Å²) in [6, 6.07) is 14.6. The van der Waals surface area contributed by atoms with Gasteiger partial charge in [0.25, 0.3) is 5.91 Å². The van der Waals surface area contributed by atoms with Crippen molar-refractivity contribution in [2.75, 3.05) is 0 Å². The molecule has 3 N–H and O–H groups in total. The highest BCUT2D eigenvalue weighted by atomic mass is 32.1. The van der Waals surface area contributed by atoms with E-state index in [9.17, 15) is 18.7 Å². The third-order valence-corrected chi connectivity index (χ3v) is 5.30. The monoisotopic (exact) mass is 412 g/mol. The summed E-state index contributed by atoms with van der Waals surface area (Å²) in [6.07, 6.45) is 0. The number of primary amides is 1. The predicted octanol–water partition coefficient (Wildman–Crippen LogP) is 4.63. The van der Waals surface area contributed by atoms with Crippen molar-refractivity contribution >= 4 is 27.5 Å². The van der Waals surface area contributed by atoms with Crippen molar-refractivity contribution in [3.8, 4) is 22.6 Å². The summed E-state index contributed by atoms with van der Waals surface area (Å²) in [4.78, 5) is 15.7. The van der Waals surface area contributed by atoms with Crippen LogP contribution in [0.25, 0.3) is 21.3 Å². The van der Waals surface area contributed by atoms with E-state index in [-0.39, 0.29) is 18.1 Å². The number of thiazole rings is 1. The predicted molar refractivity (Wildman–Crippen MR) is 106 cm³/mol. The molecule has 0 saturated heterocycles. The topological polar surface area (TPSA) is 85.4 Å². The molecule has 3 aromatic carbocycles. The van der Waals surface area contributed by atoms with E-state index >= 15 is 0 Å². The van der Waals surface area contributed by atoms with Crippen LogP contribution in [0.3, 0.4) is 0 Å². The van der Waals surface area contributed by atoms with E-state index < -0.39 is 23.1 Å². The number of hydrogen-bond acceptors (Lipinski definition) is 5. The number of benzene rings is 3. The zero-order valence-corrected chi connectivity index (χ0v) is 15.7. The van der Waals surface area contributed by atoms with Crippen LogP contribution in [-0.4, -0.2) is 16.0 Å². The van der Waals surface area contributed by atoms with Crippen LogP contribution in [0.1, 0.15) is 15.4 Å². The van der Waals surface area contributed by atoms with Gasteiger partial charge in [-0.1, -0.05) is 18.2 Å². The zero-order chi connectivity index (χ0) is 20.5. The second-order valence-corrected chi connectivity index (χ2v) is 7.34. The molecule has 0 fully saturated rings. The first-order valence-corrected chi connectivity index (χ1v) is 9.33. The maximum atomic E-state index is 14.3. The maximum Gasteiger partial charge on any atom is 0.254 e. The van der Waals surface area contributed by atoms with E-state index in [0.29, 0.717) is 5.01 Å². The third-order valence-electron chi connectivity index (χ3n) is 4.29. The smallest absolute Gasteiger partial charge is 0.254 e. The molecule has 1 heterocycles. The van der Waals surface area contributed by atoms with Crippen molar-refractivity contribution in [3.63, 3.8) is 0 Å². The van der Waals surface area contributed by atoms with E-state index in [2.05, 4.69) is 4.98 Å². The van der Waals surface area contributed by atoms with Gasteiger partial charge in [-0.2, -0.15) is 0 Å². The van der Waals surface area contributed by atoms with Crippen molar-refractivity contribution in [1.29, 1.82) is 0 Å². The summed E-state index contributed by atoms with van der Waals surface area (Å²) in [7, 11) is 0. The highest BCUT2D eigenvalue weighted by molar-refractivity contribution is 7.18. The van der Waals surface area contributed by atoms with Gasteiger partial charge in [0.05, 0.1) is 10.2 Å². The average Bonchev–Trinajstić information content (AvgIpc) is 3.10. The molecule has 146 valence electrons. The van der Waals surface area contributed by atoms with E-state index in [1.54, 1.807) is 24.3 Å². The number of ether oxygens (including phenoxy) is 1. The molecule has 0 spiro atoms. The fourth-order valence-electron chi connectivity index (χ4n) is 2.88. The second-order valence-electron chi connectivity index (χ2n) is 6.22. The fraction of sp³-hybridized carbons (Fsp3) is 0.0476. The molecule has 0 atom stereocenters. The van der Waals surface area contributed by atoms with E-state index in [1.807, 2.05) is 18.2 Å². The number of hydrogen-bond donors (Lipinski definition) is 2. The summed E-state index contributed by atoms with van der Waals surface area (Å²) in [5.74, 6) is -3.45. The molecule has 0 aliphatic heterocycles. The molecule has 4 aromatic rings. The van der Waals surface area contributed by atoms with Gasteiger partial charge in [0.2, 0.25) is 0 Å². The van der Waals surface area contributed by atoms with Gasteiger partial charge in [-0.15, -0.1) is 11.3 Å². The van der Waals surface area contributed by atoms with Gasteiger partial charge < -0.3 is 15.6 Å². The highest BCUT2D eigenvalue weighted by Gasteiger charge is 2.19. The Hall–Kier alpha value is -3.52. The average molecular weight is 412 g/mol. The van der Waals surface area contributed by atoms with Crippen molar-refractivity contribution in [3.05, 3.63) is 76.8 Å². The fourth-order valence-corrected chi connectivity index (χ4v) is 3.74. The molecule has 0 radical (unpaired) electrons. The minimum atomic E-state index is -1.20. The number of phenols is 1. The van der Waals surface area contributed by atoms with Crippen LogP contribution in [-0.2, 0) is 6.61 Å². The highest BCUT2D eigenvalue weighted by Crippen LogP contribution is 2.30. The number of aromatic hydroxyl groups is 1. The SMILES string of the molecule is NC(=O)c1c(F)ccc(OCc2nc3cc(-c4ccc(O)cc4)ccc3s2)c1F. The molecule has 8 heteroatoms. The van der Waals surface area contributed by atoms with Crippen LogP contribution < -0.4 is 10.5 Å². The van der Waals surface area contributed by atoms with Crippen LogP contribution in [0.4, 0.5) is 8.78 Å². The van der Waals surface area contributed by atoms with Gasteiger partial charge in [-0.3, -0.25) is 4.79 Å². The van der Waals surface area contributed by atoms with Crippen molar-refractivity contribution < 1.29 is 23.4 Å². The number of nitrogens with zero attached hydrogens (tertiary/aromatic N) is 1. The Morgan fingerprint density at radius 3 is 2.52 bits per heavy atom. The lowest BCUT2D eigenvalue weighted by Gasteiger charge is -2.08. The molecule has 5 nitrogen and oxygen atoms in total. The van der Waals surface area contributed by atoms with E-state index in [1.165, 1.54) is 11.3 Å². The van der Waals surface area contributed by atoms with Crippen LogP contribution >= 0.6 is 11.3 Å². The number of halogens is 2. The molecular weight excluding hydrogens is 398 g/mol. The molecule has 0 saturated carbocycles. The van der Waals surface area contributed by atoms with Crippen LogP contribution in [0.5, 0.6) is 11.5 Å². The van der Waals surface area contributed by atoms with Crippen LogP contribution in [0, 0.1) is 11.6 Å². The number of phenolic OH excluding ortho intramolecular Hbond substituents is 1. The number of carbonyl (C=O) groups excluding carboxylic acids is 1. The van der Waals surface area contributed by atoms with Gasteiger partial charge >= 0.3 is 0 Å². The lowest BCUT2D eigenvalue weighted by molar-refractivity contribution is 0.0991. The Morgan fingerprint density at radius 1 is 1.07 bits per heavy atom. The Balaban J connectivity index is 1.57. The Kier molecular flexibility index (Phi) is 4.85. The Bertz CT molecular complexity index is 1220. The lowest BCUT2D eigenvalue weighted by atomic mass is 10.1. The van der Waals surface area contributed by atoms with E-state index in [4.69, 9.17) is 10.5 Å². The number of aromatic nitrogens is 1. The molecule has 0 aliphatic rings. The van der Waals surface area contributed by atoms with E-state index in [0.717, 1.165) is 33.5 Å². The summed E-state index contributed by atoms with van der Waals surface area (Å²) < 4.78 is 34.1. The number of fused-ring (bicyclic) bond motifs is 1. The first kappa shape index (κ1) is 18.8. The third kappa shape index (κ3) is 3.74. The quantitative estimate of drug-likeness (QED) is 0.501. The van der Waals surface area contributed by atoms with Crippen molar-refractivity contribution in [2.45, 2.75) is 6.61 Å². The molecular formula is C21H14F2N2O3S. The van der Waals surface area contributed by atoms with Crippen LogP contribution in [0.2, 0.25) is 0 Å².